The van der Waals surface area contributed by atoms with Gasteiger partial charge in [0.25, 0.3) is 0 Å². The van der Waals surface area contributed by atoms with Crippen LogP contribution in [0.5, 0.6) is 0 Å². The van der Waals surface area contributed by atoms with Gasteiger partial charge in [0.1, 0.15) is 0 Å². The normalized spacial score (nSPS) is 9.17. The number of carbonyl (C=O) groups excluding carboxylic acids is 1. The van der Waals surface area contributed by atoms with E-state index in [9.17, 15) is 9.59 Å². The number of rotatable bonds is 6. The highest BCUT2D eigenvalue weighted by Gasteiger charge is 2.07. The van der Waals surface area contributed by atoms with Gasteiger partial charge in [0.05, 0.1) is 6.61 Å². The molecule has 104 valence electrons. The van der Waals surface area contributed by atoms with Crippen LogP contribution < -0.4 is 0 Å². The van der Waals surface area contributed by atoms with Gasteiger partial charge in [-0.05, 0) is 19.8 Å². The van der Waals surface area contributed by atoms with E-state index in [-0.39, 0.29) is 11.5 Å². The minimum absolute atomic E-state index is 0.176. The van der Waals surface area contributed by atoms with Crippen LogP contribution in [0, 0.1) is 5.92 Å². The third-order valence-electron chi connectivity index (χ3n) is 2.32. The van der Waals surface area contributed by atoms with Crippen LogP contribution in [-0.4, -0.2) is 23.7 Å². The van der Waals surface area contributed by atoms with E-state index in [1.165, 1.54) is 6.92 Å². The minimum Gasteiger partial charge on any atom is -0.478 e. The molecule has 0 aromatic carbocycles. The van der Waals surface area contributed by atoms with Crippen molar-refractivity contribution in [2.75, 3.05) is 6.61 Å². The van der Waals surface area contributed by atoms with Crippen molar-refractivity contribution in [2.24, 2.45) is 5.92 Å². The molecule has 0 atom stereocenters. The Kier molecular flexibility index (Phi) is 11.0. The summed E-state index contributed by atoms with van der Waals surface area (Å²) < 4.78 is 5.01. The summed E-state index contributed by atoms with van der Waals surface area (Å²) in [5.41, 5.74) is 0.649. The maximum absolute atomic E-state index is 11.0. The van der Waals surface area contributed by atoms with Gasteiger partial charge in [-0.2, -0.15) is 0 Å². The van der Waals surface area contributed by atoms with Crippen LogP contribution in [0.3, 0.4) is 0 Å². The van der Waals surface area contributed by atoms with Crippen LogP contribution in [0.15, 0.2) is 24.3 Å². The van der Waals surface area contributed by atoms with E-state index in [4.69, 9.17) is 9.84 Å². The molecule has 0 aliphatic rings. The van der Waals surface area contributed by atoms with Gasteiger partial charge in [0.15, 0.2) is 0 Å². The third-order valence-corrected chi connectivity index (χ3v) is 2.32. The average Bonchev–Trinajstić information content (AvgIpc) is 2.30. The first-order chi connectivity index (χ1) is 8.26. The Morgan fingerprint density at radius 2 is 1.50 bits per heavy atom. The summed E-state index contributed by atoms with van der Waals surface area (Å²) in [6.07, 6.45) is 2.11. The molecule has 0 aliphatic carbocycles. The van der Waals surface area contributed by atoms with Crippen molar-refractivity contribution in [3.05, 3.63) is 24.3 Å². The highest BCUT2D eigenvalue weighted by molar-refractivity contribution is 5.86. The van der Waals surface area contributed by atoms with Crippen LogP contribution in [0.1, 0.15) is 40.5 Å². The molecule has 0 bridgehead atoms. The molecule has 4 nitrogen and oxygen atoms in total. The van der Waals surface area contributed by atoms with E-state index in [0.29, 0.717) is 18.1 Å². The number of carboxylic acid groups (broad SMARTS) is 1. The number of carboxylic acids is 1. The second kappa shape index (κ2) is 10.6. The average molecular weight is 256 g/mol. The predicted octanol–water partition coefficient (Wildman–Crippen LogP) is 3.19. The molecule has 0 radical (unpaired) electrons. The Hall–Kier alpha value is -1.58. The molecule has 18 heavy (non-hydrogen) atoms. The lowest BCUT2D eigenvalue weighted by molar-refractivity contribution is -0.140. The van der Waals surface area contributed by atoms with E-state index in [1.54, 1.807) is 6.92 Å². The summed E-state index contributed by atoms with van der Waals surface area (Å²) in [6, 6.07) is 0. The standard InChI is InChI=1S/C10H18O2.C4H6O2/c1-5-9(6-2)7-12-10(11)8(3)4;1-3(2)4(5)6/h9H,3,5-7H2,1-2,4H3;1H2,2H3,(H,5,6). The number of hydrogen-bond donors (Lipinski definition) is 1. The largest absolute Gasteiger partial charge is 0.478 e. The van der Waals surface area contributed by atoms with Crippen molar-refractivity contribution in [3.8, 4) is 0 Å². The smallest absolute Gasteiger partial charge is 0.333 e. The predicted molar refractivity (Wildman–Crippen MR) is 72.3 cm³/mol. The maximum Gasteiger partial charge on any atom is 0.333 e. The molecular weight excluding hydrogens is 232 g/mol. The minimum atomic E-state index is -0.935. The lowest BCUT2D eigenvalue weighted by Crippen LogP contribution is -2.13. The van der Waals surface area contributed by atoms with E-state index in [2.05, 4.69) is 27.0 Å². The van der Waals surface area contributed by atoms with Crippen molar-refractivity contribution in [1.82, 2.24) is 0 Å². The van der Waals surface area contributed by atoms with Crippen LogP contribution >= 0.6 is 0 Å². The number of carbonyl (C=O) groups is 2. The first-order valence-corrected chi connectivity index (χ1v) is 5.97. The molecule has 0 heterocycles. The Morgan fingerprint density at radius 3 is 1.72 bits per heavy atom. The van der Waals surface area contributed by atoms with Crippen molar-refractivity contribution in [2.45, 2.75) is 40.5 Å². The van der Waals surface area contributed by atoms with Crippen LogP contribution in [0.2, 0.25) is 0 Å². The molecule has 0 aromatic rings. The van der Waals surface area contributed by atoms with E-state index in [0.717, 1.165) is 12.8 Å². The quantitative estimate of drug-likeness (QED) is 0.585. The Balaban J connectivity index is 0. The monoisotopic (exact) mass is 256 g/mol. The highest BCUT2D eigenvalue weighted by Crippen LogP contribution is 2.08. The van der Waals surface area contributed by atoms with Gasteiger partial charge >= 0.3 is 11.9 Å². The molecule has 0 saturated heterocycles. The second-order valence-electron chi connectivity index (χ2n) is 4.15. The second-order valence-corrected chi connectivity index (χ2v) is 4.15. The summed E-state index contributed by atoms with van der Waals surface area (Å²) in [4.78, 5) is 20.6. The molecule has 0 amide bonds. The fraction of sp³-hybridized carbons (Fsp3) is 0.571. The first-order valence-electron chi connectivity index (χ1n) is 5.97. The van der Waals surface area contributed by atoms with Crippen LogP contribution in [-0.2, 0) is 14.3 Å². The fourth-order valence-electron chi connectivity index (χ4n) is 0.841. The van der Waals surface area contributed by atoms with Crippen molar-refractivity contribution >= 4 is 11.9 Å². The lowest BCUT2D eigenvalue weighted by atomic mass is 10.1. The van der Waals surface area contributed by atoms with Gasteiger partial charge in [-0.25, -0.2) is 9.59 Å². The molecule has 0 aliphatic heterocycles. The zero-order valence-electron chi connectivity index (χ0n) is 11.8. The van der Waals surface area contributed by atoms with Crippen molar-refractivity contribution in [1.29, 1.82) is 0 Å². The first kappa shape index (κ1) is 18.8. The summed E-state index contributed by atoms with van der Waals surface area (Å²) >= 11 is 0. The number of esters is 1. The molecule has 0 saturated carbocycles. The van der Waals surface area contributed by atoms with E-state index in [1.807, 2.05) is 0 Å². The zero-order valence-corrected chi connectivity index (χ0v) is 11.8. The lowest BCUT2D eigenvalue weighted by Gasteiger charge is -2.12. The molecular formula is C14H24O4. The Bertz CT molecular complexity index is 289. The summed E-state index contributed by atoms with van der Waals surface area (Å²) in [6.45, 7) is 14.5. The maximum atomic E-state index is 11.0. The van der Waals surface area contributed by atoms with Gasteiger partial charge in [-0.1, -0.05) is 39.8 Å². The topological polar surface area (TPSA) is 63.6 Å². The Labute approximate surface area is 109 Å². The van der Waals surface area contributed by atoms with Crippen molar-refractivity contribution < 1.29 is 19.4 Å². The molecule has 4 heteroatoms. The third kappa shape index (κ3) is 10.9. The number of hydrogen-bond acceptors (Lipinski definition) is 3. The number of aliphatic carboxylic acids is 1. The van der Waals surface area contributed by atoms with Crippen LogP contribution in [0.4, 0.5) is 0 Å². The summed E-state index contributed by atoms with van der Waals surface area (Å²) in [5.74, 6) is -0.717. The zero-order chi connectivity index (χ0) is 14.7. The Morgan fingerprint density at radius 1 is 1.11 bits per heavy atom. The summed E-state index contributed by atoms with van der Waals surface area (Å²) in [5, 5.41) is 7.89. The molecule has 0 aromatic heterocycles. The molecule has 0 rings (SSSR count). The van der Waals surface area contributed by atoms with Gasteiger partial charge in [-0.15, -0.1) is 0 Å². The van der Waals surface area contributed by atoms with Gasteiger partial charge < -0.3 is 9.84 Å². The SMILES string of the molecule is C=C(C)C(=O)O.C=C(C)C(=O)OCC(CC)CC. The van der Waals surface area contributed by atoms with Crippen molar-refractivity contribution in [3.63, 3.8) is 0 Å². The van der Waals surface area contributed by atoms with E-state index >= 15 is 0 Å². The highest BCUT2D eigenvalue weighted by atomic mass is 16.5. The molecule has 1 N–H and O–H groups in total. The van der Waals surface area contributed by atoms with Gasteiger partial charge in [-0.3, -0.25) is 0 Å². The van der Waals surface area contributed by atoms with Crippen LogP contribution in [0.25, 0.3) is 0 Å². The summed E-state index contributed by atoms with van der Waals surface area (Å²) in [7, 11) is 0. The van der Waals surface area contributed by atoms with E-state index < -0.39 is 5.97 Å². The van der Waals surface area contributed by atoms with Gasteiger partial charge in [0, 0.05) is 11.1 Å². The molecule has 0 fully saturated rings. The fourth-order valence-corrected chi connectivity index (χ4v) is 0.841. The molecule has 0 spiro atoms. The molecule has 0 unspecified atom stereocenters. The van der Waals surface area contributed by atoms with Gasteiger partial charge in [0.2, 0.25) is 0 Å². The number of ether oxygens (including phenoxy) is 1.